The number of Topliss-reactive ketones (excluding diaryl/α,β-unsaturated/α-hetero) is 1. The van der Waals surface area contributed by atoms with Gasteiger partial charge in [-0.05, 0) is 18.1 Å². The van der Waals surface area contributed by atoms with Crippen molar-refractivity contribution in [3.63, 3.8) is 0 Å². The zero-order chi connectivity index (χ0) is 20.7. The van der Waals surface area contributed by atoms with E-state index < -0.39 is 42.1 Å². The molecular weight excluding hydrogens is 370 g/mol. The zero-order valence-electron chi connectivity index (χ0n) is 16.3. The van der Waals surface area contributed by atoms with Gasteiger partial charge in [-0.3, -0.25) is 9.59 Å². The van der Waals surface area contributed by atoms with Crippen molar-refractivity contribution in [3.05, 3.63) is 71.8 Å². The first-order chi connectivity index (χ1) is 13.9. The van der Waals surface area contributed by atoms with Gasteiger partial charge in [0.2, 0.25) is 5.91 Å². The first kappa shape index (κ1) is 19.3. The Morgan fingerprint density at radius 3 is 2.00 bits per heavy atom. The minimum atomic E-state index is -1.26. The quantitative estimate of drug-likeness (QED) is 0.478. The van der Waals surface area contributed by atoms with E-state index in [0.29, 0.717) is 0 Å². The van der Waals surface area contributed by atoms with Crippen molar-refractivity contribution in [2.24, 2.45) is 11.8 Å². The summed E-state index contributed by atoms with van der Waals surface area (Å²) < 4.78 is 5.81. The van der Waals surface area contributed by atoms with E-state index in [4.69, 9.17) is 4.74 Å². The number of carbonyl (C=O) groups excluding carboxylic acids is 3. The molecule has 1 unspecified atom stereocenters. The van der Waals surface area contributed by atoms with Crippen molar-refractivity contribution in [3.8, 4) is 0 Å². The predicted molar refractivity (Wildman–Crippen MR) is 105 cm³/mol. The van der Waals surface area contributed by atoms with Crippen molar-refractivity contribution in [2.75, 3.05) is 0 Å². The fourth-order valence-corrected chi connectivity index (χ4v) is 4.45. The smallest absolute Gasteiger partial charge is 0.337 e. The minimum absolute atomic E-state index is 0.337. The number of aliphatic hydroxyl groups excluding tert-OH is 1. The summed E-state index contributed by atoms with van der Waals surface area (Å²) in [7, 11) is 0. The van der Waals surface area contributed by atoms with Crippen molar-refractivity contribution in [1.29, 1.82) is 0 Å². The maximum absolute atomic E-state index is 13.1. The monoisotopic (exact) mass is 393 g/mol. The van der Waals surface area contributed by atoms with Gasteiger partial charge >= 0.3 is 5.97 Å². The summed E-state index contributed by atoms with van der Waals surface area (Å²) in [4.78, 5) is 39.7. The third kappa shape index (κ3) is 3.13. The molecule has 0 aliphatic carbocycles. The number of aliphatic hydroxyl groups is 1. The summed E-state index contributed by atoms with van der Waals surface area (Å²) in [5.74, 6) is -2.61. The number of hydrogen-bond acceptors (Lipinski definition) is 5. The van der Waals surface area contributed by atoms with Gasteiger partial charge in [0.25, 0.3) is 0 Å². The lowest BCUT2D eigenvalue weighted by Gasteiger charge is -2.46. The summed E-state index contributed by atoms with van der Waals surface area (Å²) in [6, 6.07) is 16.8. The van der Waals surface area contributed by atoms with E-state index in [1.165, 1.54) is 11.8 Å². The van der Waals surface area contributed by atoms with Gasteiger partial charge in [-0.1, -0.05) is 67.6 Å². The van der Waals surface area contributed by atoms with Gasteiger partial charge in [0.05, 0.1) is 18.1 Å². The molecule has 29 heavy (non-hydrogen) atoms. The normalized spacial score (nSPS) is 26.8. The number of β-lactam (4-membered cyclic amide) rings is 1. The molecule has 0 saturated carbocycles. The third-order valence-corrected chi connectivity index (χ3v) is 5.92. The van der Waals surface area contributed by atoms with Crippen LogP contribution in [0.1, 0.15) is 31.1 Å². The molecule has 2 heterocycles. The van der Waals surface area contributed by atoms with Gasteiger partial charge in [-0.15, -0.1) is 0 Å². The van der Waals surface area contributed by atoms with Crippen molar-refractivity contribution in [2.45, 2.75) is 38.1 Å². The summed E-state index contributed by atoms with van der Waals surface area (Å²) >= 11 is 0. The molecule has 2 aromatic rings. The number of benzene rings is 2. The van der Waals surface area contributed by atoms with Crippen LogP contribution in [0.5, 0.6) is 0 Å². The fraction of sp³-hybridized carbons (Fsp3) is 0.348. The van der Waals surface area contributed by atoms with Crippen LogP contribution in [0.3, 0.4) is 0 Å². The molecule has 2 fully saturated rings. The van der Waals surface area contributed by atoms with Crippen LogP contribution in [0.15, 0.2) is 60.7 Å². The summed E-state index contributed by atoms with van der Waals surface area (Å²) in [6.45, 7) is 3.23. The Kier molecular flexibility index (Phi) is 4.96. The zero-order valence-corrected chi connectivity index (χ0v) is 16.3. The lowest BCUT2D eigenvalue weighted by atomic mass is 9.79. The number of fused-ring (bicyclic) bond motifs is 1. The van der Waals surface area contributed by atoms with E-state index in [0.717, 1.165) is 11.1 Å². The first-order valence-electron chi connectivity index (χ1n) is 9.76. The molecule has 0 spiro atoms. The lowest BCUT2D eigenvalue weighted by molar-refractivity contribution is -0.174. The largest absolute Gasteiger partial charge is 0.451 e. The highest BCUT2D eigenvalue weighted by Gasteiger charge is 2.64. The number of nitrogens with zero attached hydrogens (tertiary/aromatic N) is 1. The predicted octanol–water partition coefficient (Wildman–Crippen LogP) is 2.11. The molecule has 1 N–H and O–H groups in total. The Morgan fingerprint density at radius 2 is 1.52 bits per heavy atom. The minimum Gasteiger partial charge on any atom is -0.451 e. The summed E-state index contributed by atoms with van der Waals surface area (Å²) in [5.41, 5.74) is 1.55. The van der Waals surface area contributed by atoms with Crippen molar-refractivity contribution >= 4 is 17.7 Å². The number of ketones is 1. The van der Waals surface area contributed by atoms with E-state index >= 15 is 0 Å². The van der Waals surface area contributed by atoms with Gasteiger partial charge in [0.15, 0.2) is 17.9 Å². The van der Waals surface area contributed by atoms with Crippen LogP contribution in [0, 0.1) is 11.8 Å². The van der Waals surface area contributed by atoms with Crippen LogP contribution in [0.25, 0.3) is 0 Å². The molecule has 150 valence electrons. The van der Waals surface area contributed by atoms with E-state index in [1.807, 2.05) is 60.7 Å². The molecule has 0 radical (unpaired) electrons. The summed E-state index contributed by atoms with van der Waals surface area (Å²) in [5, 5.41) is 9.89. The molecule has 6 heteroatoms. The molecule has 4 rings (SSSR count). The highest BCUT2D eigenvalue weighted by Crippen LogP contribution is 2.43. The topological polar surface area (TPSA) is 83.9 Å². The number of carbonyl (C=O) groups is 3. The molecule has 2 aromatic carbocycles. The van der Waals surface area contributed by atoms with E-state index in [-0.39, 0.29) is 11.7 Å². The number of esters is 1. The van der Waals surface area contributed by atoms with Crippen LogP contribution >= 0.6 is 0 Å². The third-order valence-electron chi connectivity index (χ3n) is 5.92. The van der Waals surface area contributed by atoms with Gasteiger partial charge in [0, 0.05) is 5.92 Å². The van der Waals surface area contributed by atoms with E-state index in [9.17, 15) is 19.5 Å². The molecule has 2 saturated heterocycles. The van der Waals surface area contributed by atoms with Gasteiger partial charge in [-0.2, -0.15) is 0 Å². The van der Waals surface area contributed by atoms with Crippen LogP contribution in [-0.2, 0) is 19.1 Å². The second-order valence-electron chi connectivity index (χ2n) is 7.73. The average Bonchev–Trinajstić information content (AvgIpc) is 2.94. The highest BCUT2D eigenvalue weighted by molar-refractivity contribution is 6.12. The second kappa shape index (κ2) is 7.44. The van der Waals surface area contributed by atoms with E-state index in [2.05, 4.69) is 0 Å². The van der Waals surface area contributed by atoms with E-state index in [1.54, 1.807) is 6.92 Å². The fourth-order valence-electron chi connectivity index (χ4n) is 4.45. The number of amides is 1. The van der Waals surface area contributed by atoms with Crippen LogP contribution in [0.2, 0.25) is 0 Å². The maximum Gasteiger partial charge on any atom is 0.337 e. The average molecular weight is 393 g/mol. The standard InChI is InChI=1S/C23H23NO5/c1-13-18-17(14(2)25)22(27)24(18)19(20(13)26)23(28)29-21(15-9-5-3-6-10-15)16-11-7-4-8-12-16/h3-14,17-19,21,25H,1-2H3/t13-,14-,17-,18-,19?/m1/s1. The maximum atomic E-state index is 13.1. The SMILES string of the molecule is C[C@@H](O)[C@H]1C(=O)N2C(C(=O)OC(c3ccccc3)c3ccccc3)C(=O)[C@H](C)[C@H]12. The molecule has 0 aromatic heterocycles. The second-order valence-corrected chi connectivity index (χ2v) is 7.73. The Labute approximate surface area is 169 Å². The highest BCUT2D eigenvalue weighted by atomic mass is 16.5. The van der Waals surface area contributed by atoms with Crippen molar-refractivity contribution in [1.82, 2.24) is 4.90 Å². The summed E-state index contributed by atoms with van der Waals surface area (Å²) in [6.07, 6.45) is -1.55. The van der Waals surface area contributed by atoms with Crippen LogP contribution < -0.4 is 0 Å². The Balaban J connectivity index is 1.62. The molecular formula is C23H23NO5. The first-order valence-corrected chi connectivity index (χ1v) is 9.76. The molecule has 2 aliphatic heterocycles. The molecule has 6 nitrogen and oxygen atoms in total. The Bertz CT molecular complexity index is 887. The van der Waals surface area contributed by atoms with Gasteiger partial charge < -0.3 is 14.7 Å². The molecule has 0 bridgehead atoms. The number of rotatable bonds is 5. The Morgan fingerprint density at radius 1 is 1.00 bits per heavy atom. The van der Waals surface area contributed by atoms with Crippen LogP contribution in [-0.4, -0.2) is 45.9 Å². The van der Waals surface area contributed by atoms with Crippen LogP contribution in [0.4, 0.5) is 0 Å². The lowest BCUT2D eigenvalue weighted by Crippen LogP contribution is -2.65. The number of hydrogen-bond donors (Lipinski definition) is 1. The molecule has 5 atom stereocenters. The van der Waals surface area contributed by atoms with Gasteiger partial charge in [0.1, 0.15) is 0 Å². The molecule has 1 amide bonds. The number of ether oxygens (including phenoxy) is 1. The molecule has 2 aliphatic rings. The Hall–Kier alpha value is -2.99. The van der Waals surface area contributed by atoms with Crippen molar-refractivity contribution < 1.29 is 24.2 Å². The van der Waals surface area contributed by atoms with Gasteiger partial charge in [-0.25, -0.2) is 4.79 Å².